The standard InChI is InChI=1S/C22H18FN3O4S2/c1-13-6-11-16(32(28,29)26-15-9-7-14(23)8-10-15)12-17(13)21(27)25-22-24-20-18(30-2)4-3-5-19(20)31-22/h3-12,26H,1-2H3,(H,24,25,27). The average Bonchev–Trinajstić information content (AvgIpc) is 3.17. The first kappa shape index (κ1) is 21.7. The van der Waals surface area contributed by atoms with Gasteiger partial charge in [-0.1, -0.05) is 23.5 Å². The van der Waals surface area contributed by atoms with Crippen molar-refractivity contribution in [3.8, 4) is 5.75 Å². The molecule has 0 radical (unpaired) electrons. The predicted molar refractivity (Wildman–Crippen MR) is 123 cm³/mol. The van der Waals surface area contributed by atoms with E-state index in [1.54, 1.807) is 26.2 Å². The number of carbonyl (C=O) groups excluding carboxylic acids is 1. The number of rotatable bonds is 6. The molecular weight excluding hydrogens is 453 g/mol. The molecule has 0 fully saturated rings. The molecule has 1 heterocycles. The molecule has 3 aromatic carbocycles. The number of thiazole rings is 1. The molecular formula is C22H18FN3O4S2. The van der Waals surface area contributed by atoms with Gasteiger partial charge in [0.25, 0.3) is 15.9 Å². The van der Waals surface area contributed by atoms with Gasteiger partial charge in [-0.15, -0.1) is 0 Å². The average molecular weight is 472 g/mol. The highest BCUT2D eigenvalue weighted by Gasteiger charge is 2.19. The van der Waals surface area contributed by atoms with Gasteiger partial charge in [0.2, 0.25) is 0 Å². The summed E-state index contributed by atoms with van der Waals surface area (Å²) in [4.78, 5) is 17.2. The van der Waals surface area contributed by atoms with E-state index in [1.807, 2.05) is 12.1 Å². The molecule has 1 aromatic heterocycles. The number of methoxy groups -OCH3 is 1. The molecule has 0 saturated heterocycles. The van der Waals surface area contributed by atoms with Crippen LogP contribution < -0.4 is 14.8 Å². The van der Waals surface area contributed by atoms with Crippen LogP contribution in [0.2, 0.25) is 0 Å². The number of aryl methyl sites for hydroxylation is 1. The minimum atomic E-state index is -3.98. The van der Waals surface area contributed by atoms with Gasteiger partial charge in [0.1, 0.15) is 17.1 Å². The smallest absolute Gasteiger partial charge is 0.261 e. The monoisotopic (exact) mass is 471 g/mol. The van der Waals surface area contributed by atoms with E-state index in [2.05, 4.69) is 15.0 Å². The maximum Gasteiger partial charge on any atom is 0.261 e. The zero-order valence-electron chi connectivity index (χ0n) is 17.0. The first-order chi connectivity index (χ1) is 15.3. The number of hydrogen-bond acceptors (Lipinski definition) is 6. The minimum absolute atomic E-state index is 0.0939. The van der Waals surface area contributed by atoms with Gasteiger partial charge in [-0.3, -0.25) is 14.8 Å². The molecule has 0 unspecified atom stereocenters. The zero-order chi connectivity index (χ0) is 22.9. The Morgan fingerprint density at radius 2 is 1.84 bits per heavy atom. The SMILES string of the molecule is COc1cccc2sc(NC(=O)c3cc(S(=O)(=O)Nc4ccc(F)cc4)ccc3C)nc12. The minimum Gasteiger partial charge on any atom is -0.494 e. The van der Waals surface area contributed by atoms with E-state index >= 15 is 0 Å². The Balaban J connectivity index is 1.60. The van der Waals surface area contributed by atoms with Crippen molar-refractivity contribution >= 4 is 48.3 Å². The lowest BCUT2D eigenvalue weighted by Crippen LogP contribution is -2.17. The highest BCUT2D eigenvalue weighted by Crippen LogP contribution is 2.32. The van der Waals surface area contributed by atoms with Crippen LogP contribution >= 0.6 is 11.3 Å². The van der Waals surface area contributed by atoms with E-state index < -0.39 is 21.7 Å². The predicted octanol–water partition coefficient (Wildman–Crippen LogP) is 4.81. The largest absolute Gasteiger partial charge is 0.494 e. The summed E-state index contributed by atoms with van der Waals surface area (Å²) in [5.41, 5.74) is 1.63. The van der Waals surface area contributed by atoms with Gasteiger partial charge in [-0.05, 0) is 61.0 Å². The molecule has 164 valence electrons. The summed E-state index contributed by atoms with van der Waals surface area (Å²) in [6.45, 7) is 1.71. The zero-order valence-corrected chi connectivity index (χ0v) is 18.7. The number of carbonyl (C=O) groups is 1. The number of anilines is 2. The van der Waals surface area contributed by atoms with Crippen molar-refractivity contribution in [1.29, 1.82) is 0 Å². The summed E-state index contributed by atoms with van der Waals surface area (Å²) in [6.07, 6.45) is 0. The van der Waals surface area contributed by atoms with Crippen molar-refractivity contribution in [2.75, 3.05) is 17.1 Å². The number of sulfonamides is 1. The normalized spacial score (nSPS) is 11.3. The van der Waals surface area contributed by atoms with E-state index in [1.165, 1.54) is 35.6 Å². The second-order valence-electron chi connectivity index (χ2n) is 6.87. The van der Waals surface area contributed by atoms with E-state index in [0.29, 0.717) is 22.0 Å². The number of aromatic nitrogens is 1. The molecule has 32 heavy (non-hydrogen) atoms. The fourth-order valence-electron chi connectivity index (χ4n) is 3.05. The highest BCUT2D eigenvalue weighted by atomic mass is 32.2. The topological polar surface area (TPSA) is 97.4 Å². The molecule has 0 atom stereocenters. The van der Waals surface area contributed by atoms with Gasteiger partial charge in [-0.2, -0.15) is 0 Å². The quantitative estimate of drug-likeness (QED) is 0.421. The third-order valence-electron chi connectivity index (χ3n) is 4.68. The van der Waals surface area contributed by atoms with Gasteiger partial charge in [0, 0.05) is 11.3 Å². The molecule has 0 aliphatic carbocycles. The first-order valence-corrected chi connectivity index (χ1v) is 11.7. The number of nitrogens with one attached hydrogen (secondary N) is 2. The Kier molecular flexibility index (Phi) is 5.81. The van der Waals surface area contributed by atoms with Crippen molar-refractivity contribution in [3.63, 3.8) is 0 Å². The van der Waals surface area contributed by atoms with Crippen LogP contribution in [0.4, 0.5) is 15.2 Å². The van der Waals surface area contributed by atoms with Gasteiger partial charge in [0.05, 0.1) is 16.7 Å². The second kappa shape index (κ2) is 8.56. The molecule has 4 aromatic rings. The van der Waals surface area contributed by atoms with Gasteiger partial charge in [-0.25, -0.2) is 17.8 Å². The summed E-state index contributed by atoms with van der Waals surface area (Å²) in [7, 11) is -2.44. The molecule has 0 spiro atoms. The van der Waals surface area contributed by atoms with E-state index in [4.69, 9.17) is 4.74 Å². The van der Waals surface area contributed by atoms with Crippen molar-refractivity contribution in [2.24, 2.45) is 0 Å². The Morgan fingerprint density at radius 1 is 1.09 bits per heavy atom. The maximum atomic E-state index is 13.1. The van der Waals surface area contributed by atoms with Crippen molar-refractivity contribution in [1.82, 2.24) is 4.98 Å². The summed E-state index contributed by atoms with van der Waals surface area (Å²) >= 11 is 1.28. The van der Waals surface area contributed by atoms with Gasteiger partial charge < -0.3 is 4.74 Å². The van der Waals surface area contributed by atoms with E-state index in [0.717, 1.165) is 16.8 Å². The third kappa shape index (κ3) is 4.41. The molecule has 7 nitrogen and oxygen atoms in total. The Labute approximate surface area is 187 Å². The number of para-hydroxylation sites is 1. The number of halogens is 1. The molecule has 2 N–H and O–H groups in total. The molecule has 0 bridgehead atoms. The summed E-state index contributed by atoms with van der Waals surface area (Å²) in [6, 6.07) is 14.7. The number of amides is 1. The van der Waals surface area contributed by atoms with Gasteiger partial charge in [0.15, 0.2) is 5.13 Å². The van der Waals surface area contributed by atoms with E-state index in [9.17, 15) is 17.6 Å². The number of hydrogen-bond donors (Lipinski definition) is 2. The van der Waals surface area contributed by atoms with Crippen molar-refractivity contribution in [3.05, 3.63) is 77.6 Å². The fourth-order valence-corrected chi connectivity index (χ4v) is 5.01. The fraction of sp³-hybridized carbons (Fsp3) is 0.0909. The lowest BCUT2D eigenvalue weighted by atomic mass is 10.1. The lowest BCUT2D eigenvalue weighted by molar-refractivity contribution is 0.102. The Bertz CT molecular complexity index is 1420. The maximum absolute atomic E-state index is 13.1. The summed E-state index contributed by atoms with van der Waals surface area (Å²) in [5.74, 6) is -0.371. The van der Waals surface area contributed by atoms with Gasteiger partial charge >= 0.3 is 0 Å². The molecule has 10 heteroatoms. The van der Waals surface area contributed by atoms with E-state index in [-0.39, 0.29) is 16.1 Å². The number of fused-ring (bicyclic) bond motifs is 1. The Morgan fingerprint density at radius 3 is 2.56 bits per heavy atom. The van der Waals surface area contributed by atoms with Crippen LogP contribution in [0.1, 0.15) is 15.9 Å². The number of nitrogens with zero attached hydrogens (tertiary/aromatic N) is 1. The Hall–Kier alpha value is -3.50. The van der Waals surface area contributed by atoms with Crippen LogP contribution in [0.3, 0.4) is 0 Å². The van der Waals surface area contributed by atoms with Crippen LogP contribution in [-0.2, 0) is 10.0 Å². The second-order valence-corrected chi connectivity index (χ2v) is 9.58. The molecule has 0 aliphatic rings. The number of benzene rings is 3. The van der Waals surface area contributed by atoms with Crippen LogP contribution in [0.15, 0.2) is 65.6 Å². The van der Waals surface area contributed by atoms with Crippen LogP contribution in [0.5, 0.6) is 5.75 Å². The summed E-state index contributed by atoms with van der Waals surface area (Å²) < 4.78 is 47.1. The highest BCUT2D eigenvalue weighted by molar-refractivity contribution is 7.92. The third-order valence-corrected chi connectivity index (χ3v) is 7.00. The van der Waals surface area contributed by atoms with Crippen molar-refractivity contribution < 1.29 is 22.3 Å². The molecule has 1 amide bonds. The lowest BCUT2D eigenvalue weighted by Gasteiger charge is -2.11. The molecule has 0 aliphatic heterocycles. The number of ether oxygens (including phenoxy) is 1. The van der Waals surface area contributed by atoms with Crippen LogP contribution in [0.25, 0.3) is 10.2 Å². The molecule has 4 rings (SSSR count). The van der Waals surface area contributed by atoms with Crippen molar-refractivity contribution in [2.45, 2.75) is 11.8 Å². The van der Waals surface area contributed by atoms with Crippen LogP contribution in [0, 0.1) is 12.7 Å². The molecule has 0 saturated carbocycles. The van der Waals surface area contributed by atoms with Crippen LogP contribution in [-0.4, -0.2) is 26.4 Å². The first-order valence-electron chi connectivity index (χ1n) is 9.41. The summed E-state index contributed by atoms with van der Waals surface area (Å²) in [5, 5.41) is 3.10.